The summed E-state index contributed by atoms with van der Waals surface area (Å²) < 4.78 is 4.31. The van der Waals surface area contributed by atoms with Gasteiger partial charge in [-0.3, -0.25) is 4.90 Å². The van der Waals surface area contributed by atoms with Crippen molar-refractivity contribution >= 4 is 22.4 Å². The van der Waals surface area contributed by atoms with E-state index in [1.165, 1.54) is 54.3 Å². The summed E-state index contributed by atoms with van der Waals surface area (Å²) in [5.41, 5.74) is 7.26. The van der Waals surface area contributed by atoms with E-state index in [2.05, 4.69) is 21.5 Å². The third-order valence-electron chi connectivity index (χ3n) is 4.14. The first-order valence-electron chi connectivity index (χ1n) is 7.02. The van der Waals surface area contributed by atoms with Crippen molar-refractivity contribution in [3.63, 3.8) is 0 Å². The average Bonchev–Trinajstić information content (AvgIpc) is 2.99. The lowest BCUT2D eigenvalue weighted by Gasteiger charge is -2.23. The van der Waals surface area contributed by atoms with Crippen LogP contribution in [0, 0.1) is 0 Å². The van der Waals surface area contributed by atoms with Gasteiger partial charge in [-0.2, -0.15) is 4.37 Å². The second kappa shape index (κ2) is 5.05. The van der Waals surface area contributed by atoms with E-state index in [1.54, 1.807) is 0 Å². The fraction of sp³-hybridized carbons (Fsp3) is 0.769. The summed E-state index contributed by atoms with van der Waals surface area (Å²) in [4.78, 5) is 2.56. The first-order valence-corrected chi connectivity index (χ1v) is 7.80. The molecule has 0 aromatic carbocycles. The highest BCUT2D eigenvalue weighted by atomic mass is 32.1. The van der Waals surface area contributed by atoms with Gasteiger partial charge in [0, 0.05) is 18.2 Å². The summed E-state index contributed by atoms with van der Waals surface area (Å²) in [5, 5.41) is 4.82. The van der Waals surface area contributed by atoms with Crippen LogP contribution in [-0.2, 0) is 0 Å². The lowest BCUT2D eigenvalue weighted by molar-refractivity contribution is 0.277. The molecule has 3 N–H and O–H groups in total. The molecule has 2 aliphatic rings. The molecule has 1 unspecified atom stereocenters. The predicted octanol–water partition coefficient (Wildman–Crippen LogP) is 2.50. The first-order chi connectivity index (χ1) is 8.79. The second-order valence-electron chi connectivity index (χ2n) is 5.39. The largest absolute Gasteiger partial charge is 0.383 e. The van der Waals surface area contributed by atoms with Crippen LogP contribution in [0.1, 0.15) is 44.1 Å². The van der Waals surface area contributed by atoms with Crippen LogP contribution in [0.4, 0.5) is 10.8 Å². The molecule has 0 amide bonds. The van der Waals surface area contributed by atoms with E-state index in [9.17, 15) is 0 Å². The standard InChI is InChI=1S/C13H22N4S/c1-2-17-7-3-4-10(17)8-15-13-11(9-5-6-9)12(14)16-18-13/h9-10,15H,2-8H2,1H3,(H2,14,16). The number of anilines is 2. The van der Waals surface area contributed by atoms with Crippen molar-refractivity contribution in [1.82, 2.24) is 9.27 Å². The minimum absolute atomic E-state index is 0.678. The van der Waals surface area contributed by atoms with Crippen LogP contribution in [0.5, 0.6) is 0 Å². The molecule has 1 aliphatic heterocycles. The minimum Gasteiger partial charge on any atom is -0.383 e. The van der Waals surface area contributed by atoms with Gasteiger partial charge in [0.15, 0.2) is 0 Å². The van der Waals surface area contributed by atoms with Crippen LogP contribution < -0.4 is 11.1 Å². The van der Waals surface area contributed by atoms with E-state index in [4.69, 9.17) is 5.73 Å². The number of nitrogens with two attached hydrogens (primary N) is 1. The number of aromatic nitrogens is 1. The molecule has 1 aromatic heterocycles. The molecule has 1 aliphatic carbocycles. The van der Waals surface area contributed by atoms with Crippen LogP contribution in [0.15, 0.2) is 0 Å². The van der Waals surface area contributed by atoms with Crippen molar-refractivity contribution in [3.05, 3.63) is 5.56 Å². The number of hydrogen-bond donors (Lipinski definition) is 2. The Kier molecular flexibility index (Phi) is 3.43. The lowest BCUT2D eigenvalue weighted by Crippen LogP contribution is -2.34. The van der Waals surface area contributed by atoms with Gasteiger partial charge in [-0.05, 0) is 56.2 Å². The molecule has 1 aromatic rings. The Labute approximate surface area is 113 Å². The van der Waals surface area contributed by atoms with E-state index in [0.29, 0.717) is 12.0 Å². The molecule has 0 spiro atoms. The molecule has 100 valence electrons. The molecule has 0 bridgehead atoms. The molecule has 5 heteroatoms. The maximum atomic E-state index is 5.97. The molecule has 1 atom stereocenters. The van der Waals surface area contributed by atoms with Crippen molar-refractivity contribution in [2.24, 2.45) is 0 Å². The summed E-state index contributed by atoms with van der Waals surface area (Å²) in [6, 6.07) is 0.686. The van der Waals surface area contributed by atoms with Gasteiger partial charge in [0.05, 0.1) is 0 Å². The monoisotopic (exact) mass is 266 g/mol. The van der Waals surface area contributed by atoms with Gasteiger partial charge in [-0.15, -0.1) is 0 Å². The van der Waals surface area contributed by atoms with E-state index >= 15 is 0 Å². The van der Waals surface area contributed by atoms with Gasteiger partial charge in [-0.25, -0.2) is 0 Å². The van der Waals surface area contributed by atoms with Crippen LogP contribution in [0.3, 0.4) is 0 Å². The molecule has 18 heavy (non-hydrogen) atoms. The third-order valence-corrected chi connectivity index (χ3v) is 4.98. The highest BCUT2D eigenvalue weighted by molar-refractivity contribution is 7.10. The molecule has 0 radical (unpaired) electrons. The molecule has 2 heterocycles. The number of likely N-dealkylation sites (tertiary alicyclic amines) is 1. The number of nitrogens with one attached hydrogen (secondary N) is 1. The Morgan fingerprint density at radius 2 is 2.28 bits per heavy atom. The normalized spacial score (nSPS) is 24.6. The smallest absolute Gasteiger partial charge is 0.142 e. The molecule has 2 fully saturated rings. The van der Waals surface area contributed by atoms with Gasteiger partial charge < -0.3 is 11.1 Å². The van der Waals surface area contributed by atoms with Crippen LogP contribution in [0.25, 0.3) is 0 Å². The molecule has 4 nitrogen and oxygen atoms in total. The van der Waals surface area contributed by atoms with E-state index in [-0.39, 0.29) is 0 Å². The zero-order valence-corrected chi connectivity index (χ0v) is 11.8. The number of nitrogens with zero attached hydrogens (tertiary/aromatic N) is 2. The Hall–Kier alpha value is -0.810. The van der Waals surface area contributed by atoms with Crippen molar-refractivity contribution < 1.29 is 0 Å². The Morgan fingerprint density at radius 1 is 1.44 bits per heavy atom. The van der Waals surface area contributed by atoms with Gasteiger partial charge in [0.1, 0.15) is 10.8 Å². The molecule has 1 saturated heterocycles. The SMILES string of the molecule is CCN1CCCC1CNc1snc(N)c1C1CC1. The maximum absolute atomic E-state index is 5.97. The fourth-order valence-corrected chi connectivity index (χ4v) is 3.76. The van der Waals surface area contributed by atoms with E-state index in [1.807, 2.05) is 0 Å². The van der Waals surface area contributed by atoms with Crippen molar-refractivity contribution in [3.8, 4) is 0 Å². The zero-order chi connectivity index (χ0) is 12.5. The summed E-state index contributed by atoms with van der Waals surface area (Å²) in [5.74, 6) is 1.43. The Bertz CT molecular complexity index is 413. The van der Waals surface area contributed by atoms with Gasteiger partial charge in [-0.1, -0.05) is 6.92 Å². The van der Waals surface area contributed by atoms with Crippen LogP contribution in [0.2, 0.25) is 0 Å². The lowest BCUT2D eigenvalue weighted by atomic mass is 10.2. The third kappa shape index (κ3) is 2.34. The van der Waals surface area contributed by atoms with Gasteiger partial charge in [0.25, 0.3) is 0 Å². The Balaban J connectivity index is 1.63. The van der Waals surface area contributed by atoms with Crippen LogP contribution >= 0.6 is 11.5 Å². The number of rotatable bonds is 5. The Morgan fingerprint density at radius 3 is 3.00 bits per heavy atom. The molecule has 3 rings (SSSR count). The van der Waals surface area contributed by atoms with E-state index < -0.39 is 0 Å². The van der Waals surface area contributed by atoms with Gasteiger partial charge in [0.2, 0.25) is 0 Å². The highest BCUT2D eigenvalue weighted by Crippen LogP contribution is 2.47. The highest BCUT2D eigenvalue weighted by Gasteiger charge is 2.31. The average molecular weight is 266 g/mol. The fourth-order valence-electron chi connectivity index (χ4n) is 2.96. The number of likely N-dealkylation sites (N-methyl/N-ethyl adjacent to an activating group) is 1. The predicted molar refractivity (Wildman–Crippen MR) is 77.3 cm³/mol. The van der Waals surface area contributed by atoms with Gasteiger partial charge >= 0.3 is 0 Å². The zero-order valence-electron chi connectivity index (χ0n) is 11.0. The number of nitrogen functional groups attached to an aromatic ring is 1. The summed E-state index contributed by atoms with van der Waals surface area (Å²) in [7, 11) is 0. The molecular formula is C13H22N4S. The molecular weight excluding hydrogens is 244 g/mol. The maximum Gasteiger partial charge on any atom is 0.142 e. The summed E-state index contributed by atoms with van der Waals surface area (Å²) >= 11 is 1.53. The van der Waals surface area contributed by atoms with Crippen LogP contribution in [-0.4, -0.2) is 34.9 Å². The summed E-state index contributed by atoms with van der Waals surface area (Å²) in [6.07, 6.45) is 5.21. The second-order valence-corrected chi connectivity index (χ2v) is 6.16. The molecule has 1 saturated carbocycles. The van der Waals surface area contributed by atoms with Crippen molar-refractivity contribution in [2.45, 2.75) is 44.6 Å². The van der Waals surface area contributed by atoms with Crippen molar-refractivity contribution in [1.29, 1.82) is 0 Å². The van der Waals surface area contributed by atoms with E-state index in [0.717, 1.165) is 18.9 Å². The summed E-state index contributed by atoms with van der Waals surface area (Å²) in [6.45, 7) is 5.70. The first kappa shape index (κ1) is 12.2. The quantitative estimate of drug-likeness (QED) is 0.860. The minimum atomic E-state index is 0.678. The van der Waals surface area contributed by atoms with Crippen molar-refractivity contribution in [2.75, 3.05) is 30.7 Å². The number of hydrogen-bond acceptors (Lipinski definition) is 5. The topological polar surface area (TPSA) is 54.2 Å².